The largest absolute Gasteiger partial charge is 0.292 e. The quantitative estimate of drug-likeness (QED) is 0.561. The van der Waals surface area contributed by atoms with Gasteiger partial charge in [0.1, 0.15) is 10.7 Å². The van der Waals surface area contributed by atoms with E-state index in [1.807, 2.05) is 0 Å². The molecule has 0 atom stereocenters. The predicted molar refractivity (Wildman–Crippen MR) is 74.8 cm³/mol. The second kappa shape index (κ2) is 5.69. The fourth-order valence-corrected chi connectivity index (χ4v) is 2.85. The Morgan fingerprint density at radius 3 is 2.45 bits per heavy atom. The van der Waals surface area contributed by atoms with E-state index in [1.54, 1.807) is 0 Å². The molecule has 0 saturated carbocycles. The second-order valence-corrected chi connectivity index (χ2v) is 6.15. The van der Waals surface area contributed by atoms with Crippen LogP contribution in [0.4, 0.5) is 16.0 Å². The molecule has 0 aliphatic carbocycles. The summed E-state index contributed by atoms with van der Waals surface area (Å²) in [5.74, 6) is 4.69. The third-order valence-electron chi connectivity index (χ3n) is 2.24. The first-order chi connectivity index (χ1) is 9.42. The monoisotopic (exact) mass is 361 g/mol. The minimum atomic E-state index is -3.87. The van der Waals surface area contributed by atoms with Crippen LogP contribution in [0.2, 0.25) is 0 Å². The van der Waals surface area contributed by atoms with Crippen molar-refractivity contribution in [2.75, 3.05) is 10.1 Å². The van der Waals surface area contributed by atoms with Crippen molar-refractivity contribution in [3.05, 3.63) is 40.9 Å². The fraction of sp³-hybridized carbons (Fsp3) is 0. The van der Waals surface area contributed by atoms with Gasteiger partial charge >= 0.3 is 0 Å². The summed E-state index contributed by atoms with van der Waals surface area (Å²) in [4.78, 5) is 7.26. The van der Waals surface area contributed by atoms with Gasteiger partial charge in [0.05, 0.1) is 18.1 Å². The molecule has 1 aromatic carbocycles. The Kier molecular flexibility index (Phi) is 4.16. The van der Waals surface area contributed by atoms with Crippen LogP contribution in [0.1, 0.15) is 0 Å². The molecule has 1 aromatic heterocycles. The molecule has 0 aliphatic heterocycles. The van der Waals surface area contributed by atoms with Gasteiger partial charge in [-0.25, -0.2) is 28.6 Å². The average Bonchev–Trinajstić information content (AvgIpc) is 2.42. The van der Waals surface area contributed by atoms with E-state index in [-0.39, 0.29) is 21.0 Å². The van der Waals surface area contributed by atoms with Crippen molar-refractivity contribution in [3.63, 3.8) is 0 Å². The zero-order valence-electron chi connectivity index (χ0n) is 9.84. The Labute approximate surface area is 122 Å². The van der Waals surface area contributed by atoms with Gasteiger partial charge in [0.15, 0.2) is 0 Å². The summed E-state index contributed by atoms with van der Waals surface area (Å²) in [6, 6.07) is 3.59. The molecule has 1 heterocycles. The van der Waals surface area contributed by atoms with Crippen LogP contribution in [0.25, 0.3) is 0 Å². The Morgan fingerprint density at radius 2 is 1.90 bits per heavy atom. The number of hydrogen-bond acceptors (Lipinski definition) is 6. The summed E-state index contributed by atoms with van der Waals surface area (Å²) in [5.41, 5.74) is 2.39. The van der Waals surface area contributed by atoms with Crippen LogP contribution >= 0.6 is 15.9 Å². The molecule has 0 saturated heterocycles. The number of hydrazine groups is 1. The first-order valence-electron chi connectivity index (χ1n) is 5.19. The normalized spacial score (nSPS) is 11.2. The molecule has 7 nitrogen and oxygen atoms in total. The van der Waals surface area contributed by atoms with Crippen molar-refractivity contribution in [1.82, 2.24) is 9.97 Å². The van der Waals surface area contributed by atoms with Crippen molar-refractivity contribution >= 4 is 37.6 Å². The fourth-order valence-electron chi connectivity index (χ4n) is 1.31. The summed E-state index contributed by atoms with van der Waals surface area (Å²) in [5, 5.41) is 0. The van der Waals surface area contributed by atoms with Gasteiger partial charge in [0.25, 0.3) is 10.0 Å². The smallest absolute Gasteiger partial charge is 0.265 e. The topological polar surface area (TPSA) is 110 Å². The molecule has 0 aliphatic rings. The lowest BCUT2D eigenvalue weighted by molar-refractivity contribution is 0.600. The molecule has 2 aromatic rings. The molecule has 0 amide bonds. The first kappa shape index (κ1) is 14.6. The third kappa shape index (κ3) is 3.21. The summed E-state index contributed by atoms with van der Waals surface area (Å²) < 4.78 is 39.7. The summed E-state index contributed by atoms with van der Waals surface area (Å²) in [7, 11) is -3.87. The number of halogens is 2. The van der Waals surface area contributed by atoms with Gasteiger partial charge in [0, 0.05) is 4.47 Å². The zero-order chi connectivity index (χ0) is 14.8. The van der Waals surface area contributed by atoms with E-state index in [0.717, 1.165) is 24.5 Å². The van der Waals surface area contributed by atoms with Gasteiger partial charge in [-0.15, -0.1) is 0 Å². The zero-order valence-corrected chi connectivity index (χ0v) is 12.2. The van der Waals surface area contributed by atoms with E-state index in [4.69, 9.17) is 5.84 Å². The Morgan fingerprint density at radius 1 is 1.25 bits per heavy atom. The number of nitrogens with one attached hydrogen (secondary N) is 2. The number of sulfonamides is 1. The second-order valence-electron chi connectivity index (χ2n) is 3.62. The summed E-state index contributed by atoms with van der Waals surface area (Å²) in [6.07, 6.45) is 2.20. The number of anilines is 2. The van der Waals surface area contributed by atoms with Gasteiger partial charge in [-0.1, -0.05) is 0 Å². The first-order valence-corrected chi connectivity index (χ1v) is 7.46. The molecule has 10 heteroatoms. The minimum Gasteiger partial charge on any atom is -0.292 e. The van der Waals surface area contributed by atoms with E-state index in [0.29, 0.717) is 0 Å². The summed E-state index contributed by atoms with van der Waals surface area (Å²) >= 11 is 3.07. The molecule has 0 unspecified atom stereocenters. The molecule has 0 fully saturated rings. The van der Waals surface area contributed by atoms with Crippen LogP contribution < -0.4 is 16.0 Å². The number of nitrogen functional groups attached to an aromatic ring is 1. The maximum absolute atomic E-state index is 12.9. The lowest BCUT2D eigenvalue weighted by atomic mass is 10.3. The van der Waals surface area contributed by atoms with Crippen molar-refractivity contribution < 1.29 is 12.8 Å². The summed E-state index contributed by atoms with van der Waals surface area (Å²) in [6.45, 7) is 0. The number of rotatable bonds is 4. The van der Waals surface area contributed by atoms with Crippen molar-refractivity contribution in [2.24, 2.45) is 5.84 Å². The highest BCUT2D eigenvalue weighted by molar-refractivity contribution is 9.10. The van der Waals surface area contributed by atoms with Crippen LogP contribution in [0, 0.1) is 5.82 Å². The highest BCUT2D eigenvalue weighted by Gasteiger charge is 2.17. The highest BCUT2D eigenvalue weighted by atomic mass is 79.9. The molecule has 0 bridgehead atoms. The Balaban J connectivity index is 2.30. The standard InChI is InChI=1S/C10H9BrFN5O2S/c11-8-3-6(12)1-2-9(8)17-20(18,19)7-4-14-10(16-13)15-5-7/h1-5,17H,13H2,(H,14,15,16). The van der Waals surface area contributed by atoms with Crippen molar-refractivity contribution in [3.8, 4) is 0 Å². The molecule has 106 valence electrons. The van der Waals surface area contributed by atoms with Gasteiger partial charge in [-0.2, -0.15) is 0 Å². The molecule has 2 rings (SSSR count). The van der Waals surface area contributed by atoms with E-state index in [1.165, 1.54) is 6.07 Å². The SMILES string of the molecule is NNc1ncc(S(=O)(=O)Nc2ccc(F)cc2Br)cn1. The number of nitrogens with zero attached hydrogens (tertiary/aromatic N) is 2. The number of benzene rings is 1. The van der Waals surface area contributed by atoms with Gasteiger partial charge in [-0.3, -0.25) is 10.1 Å². The molecule has 0 spiro atoms. The number of nitrogens with two attached hydrogens (primary N) is 1. The van der Waals surface area contributed by atoms with E-state index in [9.17, 15) is 12.8 Å². The van der Waals surface area contributed by atoms with Crippen molar-refractivity contribution in [1.29, 1.82) is 0 Å². The van der Waals surface area contributed by atoms with Gasteiger partial charge in [0.2, 0.25) is 5.95 Å². The van der Waals surface area contributed by atoms with E-state index < -0.39 is 15.8 Å². The molecular weight excluding hydrogens is 353 g/mol. The van der Waals surface area contributed by atoms with Crippen molar-refractivity contribution in [2.45, 2.75) is 4.90 Å². The minimum absolute atomic E-state index is 0.0897. The number of aromatic nitrogens is 2. The van der Waals surface area contributed by atoms with Crippen LogP contribution in [0.3, 0.4) is 0 Å². The maximum atomic E-state index is 12.9. The molecule has 4 N–H and O–H groups in total. The lowest BCUT2D eigenvalue weighted by Crippen LogP contribution is -2.15. The van der Waals surface area contributed by atoms with Crippen LogP contribution in [0.5, 0.6) is 0 Å². The van der Waals surface area contributed by atoms with Crippen LogP contribution in [0.15, 0.2) is 40.0 Å². The average molecular weight is 362 g/mol. The van der Waals surface area contributed by atoms with Crippen LogP contribution in [-0.2, 0) is 10.0 Å². The number of hydrogen-bond donors (Lipinski definition) is 3. The molecular formula is C10H9BrFN5O2S. The predicted octanol–water partition coefficient (Wildman–Crippen LogP) is 1.46. The Hall–Kier alpha value is -1.78. The molecule has 20 heavy (non-hydrogen) atoms. The maximum Gasteiger partial charge on any atom is 0.265 e. The van der Waals surface area contributed by atoms with E-state index in [2.05, 4.69) is 36.0 Å². The van der Waals surface area contributed by atoms with E-state index >= 15 is 0 Å². The highest BCUT2D eigenvalue weighted by Crippen LogP contribution is 2.25. The third-order valence-corrected chi connectivity index (χ3v) is 4.22. The lowest BCUT2D eigenvalue weighted by Gasteiger charge is -2.09. The van der Waals surface area contributed by atoms with Gasteiger partial charge < -0.3 is 0 Å². The molecule has 0 radical (unpaired) electrons. The Bertz CT molecular complexity index is 723. The van der Waals surface area contributed by atoms with Gasteiger partial charge in [-0.05, 0) is 34.1 Å². The van der Waals surface area contributed by atoms with Crippen LogP contribution in [-0.4, -0.2) is 18.4 Å².